The topological polar surface area (TPSA) is 77.8 Å². The van der Waals surface area contributed by atoms with Gasteiger partial charge in [0.05, 0.1) is 37.0 Å². The maximum absolute atomic E-state index is 12.6. The molecule has 2 rings (SSSR count). The van der Waals surface area contributed by atoms with Gasteiger partial charge in [0.25, 0.3) is 0 Å². The van der Waals surface area contributed by atoms with E-state index in [1.165, 1.54) is 13.4 Å². The number of allylic oxidation sites excluding steroid dienone is 2. The van der Waals surface area contributed by atoms with Crippen molar-refractivity contribution in [3.05, 3.63) is 46.7 Å². The summed E-state index contributed by atoms with van der Waals surface area (Å²) in [7, 11) is 1.31. The van der Waals surface area contributed by atoms with Crippen molar-refractivity contribution < 1.29 is 23.5 Å². The van der Waals surface area contributed by atoms with E-state index in [9.17, 15) is 9.59 Å². The number of hydrogen-bond donors (Lipinski definition) is 1. The number of furan rings is 1. The molecule has 0 bridgehead atoms. The molecule has 6 nitrogen and oxygen atoms in total. The van der Waals surface area contributed by atoms with Crippen LogP contribution in [0.2, 0.25) is 0 Å². The molecule has 0 saturated carbocycles. The van der Waals surface area contributed by atoms with Crippen LogP contribution in [0.3, 0.4) is 0 Å². The Kier molecular flexibility index (Phi) is 5.49. The van der Waals surface area contributed by atoms with Crippen LogP contribution in [-0.2, 0) is 19.1 Å². The van der Waals surface area contributed by atoms with Crippen molar-refractivity contribution in [2.24, 2.45) is 5.92 Å². The van der Waals surface area contributed by atoms with Crippen LogP contribution in [0.25, 0.3) is 0 Å². The predicted molar refractivity (Wildman–Crippen MR) is 87.8 cm³/mol. The minimum absolute atomic E-state index is 0.214. The molecule has 1 unspecified atom stereocenters. The largest absolute Gasteiger partial charge is 0.468 e. The third-order valence-electron chi connectivity index (χ3n) is 3.76. The van der Waals surface area contributed by atoms with Crippen molar-refractivity contribution in [2.45, 2.75) is 33.6 Å². The first kappa shape index (κ1) is 17.8. The van der Waals surface area contributed by atoms with E-state index in [1.807, 2.05) is 13.8 Å². The summed E-state index contributed by atoms with van der Waals surface area (Å²) in [5.74, 6) is -0.932. The quantitative estimate of drug-likeness (QED) is 0.835. The molecule has 1 atom stereocenters. The van der Waals surface area contributed by atoms with Gasteiger partial charge >= 0.3 is 11.9 Å². The van der Waals surface area contributed by atoms with Gasteiger partial charge in [0.15, 0.2) is 0 Å². The van der Waals surface area contributed by atoms with Crippen LogP contribution in [0.4, 0.5) is 0 Å². The number of esters is 2. The van der Waals surface area contributed by atoms with Gasteiger partial charge in [-0.05, 0) is 31.9 Å². The van der Waals surface area contributed by atoms with Gasteiger partial charge in [-0.15, -0.1) is 0 Å². The summed E-state index contributed by atoms with van der Waals surface area (Å²) < 4.78 is 15.8. The normalized spacial score (nSPS) is 17.8. The van der Waals surface area contributed by atoms with Gasteiger partial charge in [-0.2, -0.15) is 0 Å². The fraction of sp³-hybridized carbons (Fsp3) is 0.444. The van der Waals surface area contributed by atoms with E-state index in [0.29, 0.717) is 34.9 Å². The maximum atomic E-state index is 12.6. The van der Waals surface area contributed by atoms with Crippen molar-refractivity contribution in [3.8, 4) is 0 Å². The zero-order chi connectivity index (χ0) is 17.9. The van der Waals surface area contributed by atoms with Crippen molar-refractivity contribution in [2.75, 3.05) is 13.7 Å². The molecule has 0 spiro atoms. The lowest BCUT2D eigenvalue weighted by Gasteiger charge is -2.28. The first-order chi connectivity index (χ1) is 11.4. The number of rotatable bonds is 5. The second kappa shape index (κ2) is 7.38. The average molecular weight is 333 g/mol. The third kappa shape index (κ3) is 3.53. The summed E-state index contributed by atoms with van der Waals surface area (Å²) in [6.45, 7) is 7.77. The first-order valence-electron chi connectivity index (χ1n) is 7.84. The Balaban J connectivity index is 2.48. The number of dihydropyridines is 1. The molecule has 0 radical (unpaired) electrons. The summed E-state index contributed by atoms with van der Waals surface area (Å²) >= 11 is 0. The van der Waals surface area contributed by atoms with Gasteiger partial charge in [-0.3, -0.25) is 0 Å². The molecule has 1 aromatic heterocycles. The molecule has 24 heavy (non-hydrogen) atoms. The number of methoxy groups -OCH3 is 1. The van der Waals surface area contributed by atoms with Gasteiger partial charge in [-0.1, -0.05) is 13.8 Å². The second-order valence-electron chi connectivity index (χ2n) is 6.13. The molecule has 130 valence electrons. The van der Waals surface area contributed by atoms with Gasteiger partial charge in [-0.25, -0.2) is 9.59 Å². The molecule has 0 amide bonds. The second-order valence-corrected chi connectivity index (χ2v) is 6.13. The highest BCUT2D eigenvalue weighted by molar-refractivity contribution is 5.99. The van der Waals surface area contributed by atoms with E-state index in [4.69, 9.17) is 13.9 Å². The molecule has 6 heteroatoms. The fourth-order valence-corrected chi connectivity index (χ4v) is 2.71. The van der Waals surface area contributed by atoms with E-state index < -0.39 is 17.9 Å². The van der Waals surface area contributed by atoms with Gasteiger partial charge in [0, 0.05) is 11.4 Å². The molecule has 1 aliphatic heterocycles. The highest BCUT2D eigenvalue weighted by atomic mass is 16.5. The number of ether oxygens (including phenoxy) is 2. The highest BCUT2D eigenvalue weighted by Gasteiger charge is 2.39. The van der Waals surface area contributed by atoms with Gasteiger partial charge < -0.3 is 19.2 Å². The average Bonchev–Trinajstić information content (AvgIpc) is 3.05. The van der Waals surface area contributed by atoms with Crippen LogP contribution in [0.1, 0.15) is 39.4 Å². The molecule has 1 aliphatic rings. The smallest absolute Gasteiger partial charge is 0.336 e. The molecule has 0 saturated heterocycles. The Morgan fingerprint density at radius 3 is 2.33 bits per heavy atom. The Morgan fingerprint density at radius 2 is 1.83 bits per heavy atom. The molecule has 0 aliphatic carbocycles. The maximum Gasteiger partial charge on any atom is 0.336 e. The van der Waals surface area contributed by atoms with Crippen LogP contribution in [-0.4, -0.2) is 25.7 Å². The van der Waals surface area contributed by atoms with Gasteiger partial charge in [0.2, 0.25) is 0 Å². The number of hydrogen-bond acceptors (Lipinski definition) is 6. The number of nitrogens with one attached hydrogen (secondary N) is 1. The van der Waals surface area contributed by atoms with Crippen LogP contribution >= 0.6 is 0 Å². The minimum Gasteiger partial charge on any atom is -0.468 e. The van der Waals surface area contributed by atoms with Crippen molar-refractivity contribution in [1.29, 1.82) is 0 Å². The highest BCUT2D eigenvalue weighted by Crippen LogP contribution is 2.39. The minimum atomic E-state index is -0.659. The van der Waals surface area contributed by atoms with E-state index in [-0.39, 0.29) is 5.92 Å². The molecule has 0 aromatic carbocycles. The van der Waals surface area contributed by atoms with Crippen molar-refractivity contribution >= 4 is 11.9 Å². The number of carbonyl (C=O) groups is 2. The lowest BCUT2D eigenvalue weighted by Crippen LogP contribution is -2.32. The summed E-state index contributed by atoms with van der Waals surface area (Å²) in [4.78, 5) is 24.9. The van der Waals surface area contributed by atoms with Crippen LogP contribution < -0.4 is 5.32 Å². The zero-order valence-corrected chi connectivity index (χ0v) is 14.6. The SMILES string of the molecule is COC(=O)C1=C(C)NC(C)=C(C(=O)OCC(C)C)C1c1ccco1. The van der Waals surface area contributed by atoms with Gasteiger partial charge in [0.1, 0.15) is 5.76 Å². The Bertz CT molecular complexity index is 682. The summed E-state index contributed by atoms with van der Waals surface area (Å²) in [5.41, 5.74) is 1.96. The third-order valence-corrected chi connectivity index (χ3v) is 3.76. The monoisotopic (exact) mass is 333 g/mol. The Labute approximate surface area is 141 Å². The molecular formula is C18H23NO5. The van der Waals surface area contributed by atoms with E-state index >= 15 is 0 Å². The van der Waals surface area contributed by atoms with Crippen molar-refractivity contribution in [3.63, 3.8) is 0 Å². The van der Waals surface area contributed by atoms with Crippen LogP contribution in [0.5, 0.6) is 0 Å². The van der Waals surface area contributed by atoms with Crippen LogP contribution in [0, 0.1) is 5.92 Å². The lowest BCUT2D eigenvalue weighted by atomic mass is 9.83. The van der Waals surface area contributed by atoms with Crippen molar-refractivity contribution in [1.82, 2.24) is 5.32 Å². The lowest BCUT2D eigenvalue weighted by molar-refractivity contribution is -0.140. The first-order valence-corrected chi connectivity index (χ1v) is 7.84. The predicted octanol–water partition coefficient (Wildman–Crippen LogP) is 2.89. The standard InChI is InChI=1S/C18H23NO5/c1-10(2)9-24-18(21)15-12(4)19-11(3)14(17(20)22-5)16(15)13-7-6-8-23-13/h6-8,10,16,19H,9H2,1-5H3. The summed E-state index contributed by atoms with van der Waals surface area (Å²) in [5, 5.41) is 3.07. The summed E-state index contributed by atoms with van der Waals surface area (Å²) in [6.07, 6.45) is 1.51. The van der Waals surface area contributed by atoms with E-state index in [0.717, 1.165) is 0 Å². The molecule has 1 aromatic rings. The van der Waals surface area contributed by atoms with E-state index in [2.05, 4.69) is 5.32 Å². The zero-order valence-electron chi connectivity index (χ0n) is 14.6. The Morgan fingerprint density at radius 1 is 1.21 bits per heavy atom. The molecule has 0 fully saturated rings. The molecular weight excluding hydrogens is 310 g/mol. The fourth-order valence-electron chi connectivity index (χ4n) is 2.71. The number of carbonyl (C=O) groups excluding carboxylic acids is 2. The molecule has 1 N–H and O–H groups in total. The summed E-state index contributed by atoms with van der Waals surface area (Å²) in [6, 6.07) is 3.45. The van der Waals surface area contributed by atoms with E-state index in [1.54, 1.807) is 26.0 Å². The van der Waals surface area contributed by atoms with Crippen LogP contribution in [0.15, 0.2) is 45.4 Å². The Hall–Kier alpha value is -2.50. The molecule has 2 heterocycles.